The molecule has 0 aliphatic carbocycles. The van der Waals surface area contributed by atoms with Crippen LogP contribution in [0, 0.1) is 17.0 Å². The zero-order chi connectivity index (χ0) is 15.5. The van der Waals surface area contributed by atoms with Crippen molar-refractivity contribution in [1.82, 2.24) is 20.0 Å². The SMILES string of the molecule is Cc1cc([N+](=O)[O-])cnc1Oc1cccc(-n2ccnn2)c1. The van der Waals surface area contributed by atoms with E-state index in [4.69, 9.17) is 4.74 Å². The van der Waals surface area contributed by atoms with Gasteiger partial charge in [-0.25, -0.2) is 9.67 Å². The van der Waals surface area contributed by atoms with Crippen LogP contribution >= 0.6 is 0 Å². The molecule has 0 aliphatic heterocycles. The van der Waals surface area contributed by atoms with Gasteiger partial charge in [0.05, 0.1) is 23.0 Å². The second-order valence-corrected chi connectivity index (χ2v) is 4.52. The van der Waals surface area contributed by atoms with E-state index in [2.05, 4.69) is 15.3 Å². The van der Waals surface area contributed by atoms with Gasteiger partial charge >= 0.3 is 0 Å². The van der Waals surface area contributed by atoms with Crippen molar-refractivity contribution < 1.29 is 9.66 Å². The summed E-state index contributed by atoms with van der Waals surface area (Å²) in [5, 5.41) is 18.4. The number of hydrogen-bond donors (Lipinski definition) is 0. The minimum absolute atomic E-state index is 0.0683. The number of aromatic nitrogens is 4. The number of rotatable bonds is 4. The molecule has 22 heavy (non-hydrogen) atoms. The highest BCUT2D eigenvalue weighted by Crippen LogP contribution is 2.26. The molecule has 0 atom stereocenters. The Morgan fingerprint density at radius 3 is 2.86 bits per heavy atom. The molecule has 3 aromatic rings. The average Bonchev–Trinajstić information content (AvgIpc) is 3.04. The summed E-state index contributed by atoms with van der Waals surface area (Å²) in [7, 11) is 0. The quantitative estimate of drug-likeness (QED) is 0.542. The maximum atomic E-state index is 10.7. The first-order valence-corrected chi connectivity index (χ1v) is 6.39. The summed E-state index contributed by atoms with van der Waals surface area (Å²) in [6.07, 6.45) is 4.47. The number of nitro groups is 1. The molecule has 0 aliphatic rings. The predicted molar refractivity (Wildman–Crippen MR) is 77.1 cm³/mol. The Morgan fingerprint density at radius 2 is 2.18 bits per heavy atom. The molecule has 1 aromatic carbocycles. The number of hydrogen-bond acceptors (Lipinski definition) is 6. The summed E-state index contributed by atoms with van der Waals surface area (Å²) >= 11 is 0. The molecule has 8 heteroatoms. The van der Waals surface area contributed by atoms with Crippen molar-refractivity contribution >= 4 is 5.69 Å². The fraction of sp³-hybridized carbons (Fsp3) is 0.0714. The number of benzene rings is 1. The predicted octanol–water partition coefficient (Wildman–Crippen LogP) is 2.67. The van der Waals surface area contributed by atoms with Crippen LogP contribution in [-0.2, 0) is 0 Å². The Balaban J connectivity index is 1.87. The molecule has 0 unspecified atom stereocenters. The zero-order valence-corrected chi connectivity index (χ0v) is 11.6. The molecular formula is C14H11N5O3. The van der Waals surface area contributed by atoms with E-state index < -0.39 is 4.92 Å². The molecule has 0 N–H and O–H groups in total. The Kier molecular flexibility index (Phi) is 3.48. The second kappa shape index (κ2) is 5.60. The minimum atomic E-state index is -0.491. The van der Waals surface area contributed by atoms with Crippen LogP contribution in [0.3, 0.4) is 0 Å². The normalized spacial score (nSPS) is 10.4. The largest absolute Gasteiger partial charge is 0.439 e. The van der Waals surface area contributed by atoms with Gasteiger partial charge in [0, 0.05) is 17.7 Å². The lowest BCUT2D eigenvalue weighted by Crippen LogP contribution is -1.97. The Hall–Kier alpha value is -3.29. The monoisotopic (exact) mass is 297 g/mol. The summed E-state index contributed by atoms with van der Waals surface area (Å²) in [6.45, 7) is 1.70. The molecular weight excluding hydrogens is 286 g/mol. The highest BCUT2D eigenvalue weighted by Gasteiger charge is 2.11. The topological polar surface area (TPSA) is 96.0 Å². The van der Waals surface area contributed by atoms with Gasteiger partial charge in [-0.15, -0.1) is 5.10 Å². The molecule has 2 aromatic heterocycles. The molecule has 0 radical (unpaired) electrons. The van der Waals surface area contributed by atoms with Crippen LogP contribution in [0.25, 0.3) is 5.69 Å². The third-order valence-electron chi connectivity index (χ3n) is 2.95. The van der Waals surface area contributed by atoms with E-state index in [1.807, 2.05) is 12.1 Å². The Labute approximate surface area is 125 Å². The van der Waals surface area contributed by atoms with Crippen molar-refractivity contribution in [3.05, 3.63) is 64.6 Å². The van der Waals surface area contributed by atoms with Gasteiger partial charge in [-0.3, -0.25) is 10.1 Å². The number of pyridine rings is 1. The lowest BCUT2D eigenvalue weighted by molar-refractivity contribution is -0.385. The van der Waals surface area contributed by atoms with Crippen LogP contribution in [0.15, 0.2) is 48.9 Å². The summed E-state index contributed by atoms with van der Waals surface area (Å²) in [5.74, 6) is 0.874. The van der Waals surface area contributed by atoms with Crippen LogP contribution in [0.5, 0.6) is 11.6 Å². The number of aryl methyl sites for hydroxylation is 1. The lowest BCUT2D eigenvalue weighted by atomic mass is 10.2. The van der Waals surface area contributed by atoms with Crippen LogP contribution in [-0.4, -0.2) is 24.9 Å². The maximum Gasteiger partial charge on any atom is 0.288 e. The first-order valence-electron chi connectivity index (χ1n) is 6.39. The standard InChI is InChI=1S/C14H11N5O3/c1-10-7-12(19(20)21)9-15-14(10)22-13-4-2-3-11(8-13)18-6-5-16-17-18/h2-9H,1H3. The fourth-order valence-corrected chi connectivity index (χ4v) is 1.90. The second-order valence-electron chi connectivity index (χ2n) is 4.52. The van der Waals surface area contributed by atoms with Gasteiger partial charge < -0.3 is 4.74 Å². The number of nitrogens with zero attached hydrogens (tertiary/aromatic N) is 5. The van der Waals surface area contributed by atoms with Crippen molar-refractivity contribution in [2.45, 2.75) is 6.92 Å². The minimum Gasteiger partial charge on any atom is -0.439 e. The van der Waals surface area contributed by atoms with Gasteiger partial charge in [0.25, 0.3) is 5.69 Å². The summed E-state index contributed by atoms with van der Waals surface area (Å²) in [6, 6.07) is 8.63. The van der Waals surface area contributed by atoms with Crippen molar-refractivity contribution in [3.63, 3.8) is 0 Å². The molecule has 0 bridgehead atoms. The molecule has 8 nitrogen and oxygen atoms in total. The molecule has 110 valence electrons. The van der Waals surface area contributed by atoms with Crippen molar-refractivity contribution in [3.8, 4) is 17.3 Å². The Morgan fingerprint density at radius 1 is 1.32 bits per heavy atom. The van der Waals surface area contributed by atoms with Gasteiger partial charge in [0.1, 0.15) is 11.9 Å². The maximum absolute atomic E-state index is 10.7. The summed E-state index contributed by atoms with van der Waals surface area (Å²) in [5.41, 5.74) is 1.30. The van der Waals surface area contributed by atoms with E-state index in [-0.39, 0.29) is 5.69 Å². The average molecular weight is 297 g/mol. The van der Waals surface area contributed by atoms with Crippen LogP contribution in [0.1, 0.15) is 5.56 Å². The molecule has 0 saturated heterocycles. The first-order chi connectivity index (χ1) is 10.6. The van der Waals surface area contributed by atoms with Crippen LogP contribution in [0.4, 0.5) is 5.69 Å². The Bertz CT molecular complexity index is 817. The highest BCUT2D eigenvalue weighted by atomic mass is 16.6. The molecule has 3 rings (SSSR count). The van der Waals surface area contributed by atoms with Crippen molar-refractivity contribution in [2.24, 2.45) is 0 Å². The van der Waals surface area contributed by atoms with E-state index in [9.17, 15) is 10.1 Å². The van der Waals surface area contributed by atoms with E-state index in [0.29, 0.717) is 17.2 Å². The van der Waals surface area contributed by atoms with Crippen LogP contribution in [0.2, 0.25) is 0 Å². The first kappa shape index (κ1) is 13.7. The van der Waals surface area contributed by atoms with Gasteiger partial charge in [0.2, 0.25) is 5.88 Å². The summed E-state index contributed by atoms with van der Waals surface area (Å²) < 4.78 is 7.29. The van der Waals surface area contributed by atoms with Crippen molar-refractivity contribution in [2.75, 3.05) is 0 Å². The van der Waals surface area contributed by atoms with E-state index in [0.717, 1.165) is 5.69 Å². The highest BCUT2D eigenvalue weighted by molar-refractivity contribution is 5.42. The molecule has 0 amide bonds. The summed E-state index contributed by atoms with van der Waals surface area (Å²) in [4.78, 5) is 14.2. The number of ether oxygens (including phenoxy) is 1. The molecule has 0 saturated carbocycles. The third-order valence-corrected chi connectivity index (χ3v) is 2.95. The molecule has 0 spiro atoms. The zero-order valence-electron chi connectivity index (χ0n) is 11.6. The van der Waals surface area contributed by atoms with Gasteiger partial charge in [-0.05, 0) is 19.1 Å². The fourth-order valence-electron chi connectivity index (χ4n) is 1.90. The van der Waals surface area contributed by atoms with E-state index in [1.165, 1.54) is 12.3 Å². The lowest BCUT2D eigenvalue weighted by Gasteiger charge is -2.08. The van der Waals surface area contributed by atoms with Gasteiger partial charge in [0.15, 0.2) is 0 Å². The third kappa shape index (κ3) is 2.75. The van der Waals surface area contributed by atoms with E-state index in [1.54, 1.807) is 36.1 Å². The van der Waals surface area contributed by atoms with Gasteiger partial charge in [-0.1, -0.05) is 11.3 Å². The van der Waals surface area contributed by atoms with Crippen molar-refractivity contribution in [1.29, 1.82) is 0 Å². The van der Waals surface area contributed by atoms with Gasteiger partial charge in [-0.2, -0.15) is 0 Å². The molecule has 2 heterocycles. The van der Waals surface area contributed by atoms with E-state index >= 15 is 0 Å². The smallest absolute Gasteiger partial charge is 0.288 e. The van der Waals surface area contributed by atoms with Crippen LogP contribution < -0.4 is 4.74 Å². The molecule has 0 fully saturated rings.